The van der Waals surface area contributed by atoms with Crippen LogP contribution in [-0.2, 0) is 5.41 Å². The van der Waals surface area contributed by atoms with Crippen LogP contribution >= 0.6 is 0 Å². The van der Waals surface area contributed by atoms with Gasteiger partial charge in [-0.25, -0.2) is 0 Å². The van der Waals surface area contributed by atoms with Gasteiger partial charge in [0.1, 0.15) is 0 Å². The molecule has 188 valence electrons. The Labute approximate surface area is 236 Å². The van der Waals surface area contributed by atoms with Crippen LogP contribution < -0.4 is 16.4 Å². The summed E-state index contributed by atoms with van der Waals surface area (Å²) in [6.45, 7) is 4.81. The highest BCUT2D eigenvalue weighted by Crippen LogP contribution is 2.47. The number of hydrogen-bond acceptors (Lipinski definition) is 1. The summed E-state index contributed by atoms with van der Waals surface area (Å²) in [5, 5.41) is 0. The Balaban J connectivity index is 1.33. The van der Waals surface area contributed by atoms with E-state index in [9.17, 15) is 0 Å². The average molecular weight is 509 g/mol. The Bertz CT molecular complexity index is 1830. The summed E-state index contributed by atoms with van der Waals surface area (Å²) in [7, 11) is 0. The molecule has 6 aromatic rings. The van der Waals surface area contributed by atoms with E-state index in [0.29, 0.717) is 0 Å². The van der Waals surface area contributed by atoms with Gasteiger partial charge in [0, 0.05) is 17.2 Å². The molecule has 0 spiro atoms. The van der Waals surface area contributed by atoms with Gasteiger partial charge in [0.2, 0.25) is 6.71 Å². The first kappa shape index (κ1) is 23.2. The summed E-state index contributed by atoms with van der Waals surface area (Å²) in [5.74, 6) is 0. The van der Waals surface area contributed by atoms with Gasteiger partial charge in [-0.05, 0) is 62.7 Å². The van der Waals surface area contributed by atoms with Gasteiger partial charge in [0.25, 0.3) is 0 Å². The molecule has 0 atom stereocenters. The van der Waals surface area contributed by atoms with Crippen LogP contribution in [0.2, 0.25) is 0 Å². The molecule has 0 radical (unpaired) electrons. The fraction of sp³-hybridized carbons (Fsp3) is 0.0789. The van der Waals surface area contributed by atoms with Crippen molar-refractivity contribution in [1.82, 2.24) is 4.98 Å². The predicted molar refractivity (Wildman–Crippen MR) is 169 cm³/mol. The van der Waals surface area contributed by atoms with Crippen molar-refractivity contribution in [2.24, 2.45) is 0 Å². The van der Waals surface area contributed by atoms with Gasteiger partial charge in [-0.15, -0.1) is 0 Å². The zero-order valence-electron chi connectivity index (χ0n) is 22.7. The van der Waals surface area contributed by atoms with Crippen molar-refractivity contribution in [2.45, 2.75) is 19.3 Å². The quantitative estimate of drug-likeness (QED) is 0.229. The van der Waals surface area contributed by atoms with Crippen LogP contribution in [0.4, 0.5) is 0 Å². The molecule has 2 heteroatoms. The maximum Gasteiger partial charge on any atom is 0.242 e. The van der Waals surface area contributed by atoms with Gasteiger partial charge in [-0.1, -0.05) is 139 Å². The second-order valence-electron chi connectivity index (χ2n) is 11.6. The Kier molecular flexibility index (Phi) is 5.03. The van der Waals surface area contributed by atoms with Gasteiger partial charge >= 0.3 is 0 Å². The summed E-state index contributed by atoms with van der Waals surface area (Å²) in [6, 6.07) is 46.9. The standard InChI is InChI=1S/C38H28BN/c1-38(2)33-18-17-29(24-32(33)37-34(38)14-9-21-40-37)39-35-19-15-27(25-10-5-3-6-11-25)22-30(35)31-23-28(16-20-36(31)39)26-12-7-4-8-13-26/h3-24H,1-2H3. The molecule has 1 aromatic heterocycles. The summed E-state index contributed by atoms with van der Waals surface area (Å²) in [4.78, 5) is 4.84. The minimum atomic E-state index is -0.0435. The van der Waals surface area contributed by atoms with Crippen LogP contribution in [0, 0.1) is 0 Å². The molecule has 0 saturated heterocycles. The molecule has 0 bridgehead atoms. The first-order chi connectivity index (χ1) is 19.6. The van der Waals surface area contributed by atoms with Crippen molar-refractivity contribution < 1.29 is 0 Å². The second-order valence-corrected chi connectivity index (χ2v) is 11.6. The molecular formula is C38H28BN. The third-order valence-electron chi connectivity index (χ3n) is 9.02. The highest BCUT2D eigenvalue weighted by molar-refractivity contribution is 6.99. The normalized spacial score (nSPS) is 13.9. The van der Waals surface area contributed by atoms with Crippen molar-refractivity contribution in [1.29, 1.82) is 0 Å². The van der Waals surface area contributed by atoms with E-state index in [1.54, 1.807) is 0 Å². The lowest BCUT2D eigenvalue weighted by Gasteiger charge is -2.21. The fourth-order valence-electron chi connectivity index (χ4n) is 6.98. The van der Waals surface area contributed by atoms with E-state index in [-0.39, 0.29) is 12.1 Å². The van der Waals surface area contributed by atoms with E-state index in [1.165, 1.54) is 66.5 Å². The van der Waals surface area contributed by atoms with Crippen LogP contribution in [0.1, 0.15) is 25.0 Å². The molecule has 0 unspecified atom stereocenters. The van der Waals surface area contributed by atoms with Gasteiger partial charge in [-0.3, -0.25) is 4.98 Å². The smallest absolute Gasteiger partial charge is 0.242 e. The number of hydrogen-bond donors (Lipinski definition) is 0. The van der Waals surface area contributed by atoms with Crippen LogP contribution in [0.3, 0.4) is 0 Å². The molecule has 0 amide bonds. The third-order valence-corrected chi connectivity index (χ3v) is 9.02. The van der Waals surface area contributed by atoms with Crippen molar-refractivity contribution in [3.8, 4) is 44.6 Å². The molecule has 1 aliphatic carbocycles. The van der Waals surface area contributed by atoms with Crippen molar-refractivity contribution in [3.05, 3.63) is 145 Å². The lowest BCUT2D eigenvalue weighted by Crippen LogP contribution is -2.49. The number of pyridine rings is 1. The molecule has 2 heterocycles. The van der Waals surface area contributed by atoms with Crippen molar-refractivity contribution >= 4 is 23.1 Å². The first-order valence-corrected chi connectivity index (χ1v) is 14.1. The minimum Gasteiger partial charge on any atom is -0.256 e. The molecular weight excluding hydrogens is 481 g/mol. The largest absolute Gasteiger partial charge is 0.256 e. The van der Waals surface area contributed by atoms with Gasteiger partial charge in [0.05, 0.1) is 5.69 Å². The first-order valence-electron chi connectivity index (χ1n) is 14.1. The van der Waals surface area contributed by atoms with Crippen LogP contribution in [0.15, 0.2) is 134 Å². The number of benzene rings is 5. The Morgan fingerprint density at radius 1 is 0.500 bits per heavy atom. The molecule has 0 saturated carbocycles. The SMILES string of the molecule is CC1(C)c2ccc(B3c4ccc(-c5ccccc5)cc4-c4cc(-c5ccccc5)ccc43)cc2-c2ncccc21. The molecule has 5 aromatic carbocycles. The summed E-state index contributed by atoms with van der Waals surface area (Å²) >= 11 is 0. The summed E-state index contributed by atoms with van der Waals surface area (Å²) < 4.78 is 0. The highest BCUT2D eigenvalue weighted by atomic mass is 14.7. The monoisotopic (exact) mass is 509 g/mol. The van der Waals surface area contributed by atoms with E-state index >= 15 is 0 Å². The van der Waals surface area contributed by atoms with Crippen LogP contribution in [-0.4, -0.2) is 11.7 Å². The van der Waals surface area contributed by atoms with E-state index in [0.717, 1.165) is 5.69 Å². The van der Waals surface area contributed by atoms with Crippen molar-refractivity contribution in [2.75, 3.05) is 0 Å². The highest BCUT2D eigenvalue weighted by Gasteiger charge is 2.39. The van der Waals surface area contributed by atoms with E-state index in [2.05, 4.69) is 141 Å². The number of aromatic nitrogens is 1. The maximum atomic E-state index is 4.84. The molecule has 2 aliphatic rings. The Morgan fingerprint density at radius 2 is 1.10 bits per heavy atom. The topological polar surface area (TPSA) is 12.9 Å². The third kappa shape index (κ3) is 3.39. The van der Waals surface area contributed by atoms with E-state index in [1.807, 2.05) is 6.20 Å². The predicted octanol–water partition coefficient (Wildman–Crippen LogP) is 7.22. The van der Waals surface area contributed by atoms with Crippen LogP contribution in [0.25, 0.3) is 44.6 Å². The second kappa shape index (κ2) is 8.66. The molecule has 0 N–H and O–H groups in total. The Hall–Kier alpha value is -4.69. The average Bonchev–Trinajstić information content (AvgIpc) is 3.46. The van der Waals surface area contributed by atoms with Crippen molar-refractivity contribution in [3.63, 3.8) is 0 Å². The molecule has 40 heavy (non-hydrogen) atoms. The molecule has 8 rings (SSSR count). The lowest BCUT2D eigenvalue weighted by molar-refractivity contribution is 0.659. The Morgan fingerprint density at radius 3 is 1.70 bits per heavy atom. The van der Waals surface area contributed by atoms with Gasteiger partial charge < -0.3 is 0 Å². The molecule has 0 fully saturated rings. The molecule has 1 aliphatic heterocycles. The number of fused-ring (bicyclic) bond motifs is 6. The number of rotatable bonds is 3. The summed E-state index contributed by atoms with van der Waals surface area (Å²) in [5.41, 5.74) is 16.8. The van der Waals surface area contributed by atoms with E-state index in [4.69, 9.17) is 4.98 Å². The minimum absolute atomic E-state index is 0.0435. The zero-order valence-corrected chi connectivity index (χ0v) is 22.7. The maximum absolute atomic E-state index is 4.84. The zero-order chi connectivity index (χ0) is 26.8. The fourth-order valence-corrected chi connectivity index (χ4v) is 6.98. The number of nitrogens with zero attached hydrogens (tertiary/aromatic N) is 1. The van der Waals surface area contributed by atoms with Gasteiger partial charge in [-0.2, -0.15) is 0 Å². The van der Waals surface area contributed by atoms with E-state index < -0.39 is 0 Å². The molecule has 1 nitrogen and oxygen atoms in total. The lowest BCUT2D eigenvalue weighted by atomic mass is 9.38. The van der Waals surface area contributed by atoms with Crippen LogP contribution in [0.5, 0.6) is 0 Å². The van der Waals surface area contributed by atoms with Gasteiger partial charge in [0.15, 0.2) is 0 Å². The summed E-state index contributed by atoms with van der Waals surface area (Å²) in [6.07, 6.45) is 1.92.